The molecule has 0 unspecified atom stereocenters. The van der Waals surface area contributed by atoms with Crippen LogP contribution in [0.1, 0.15) is 29.4 Å². The van der Waals surface area contributed by atoms with Crippen LogP contribution in [0.2, 0.25) is 0 Å². The summed E-state index contributed by atoms with van der Waals surface area (Å²) >= 11 is 1.15. The number of hydrogen-bond donors (Lipinski definition) is 1. The minimum absolute atomic E-state index is 0.172. The van der Waals surface area contributed by atoms with Crippen LogP contribution in [0.4, 0.5) is 5.13 Å². The number of thiazole rings is 1. The third-order valence-electron chi connectivity index (χ3n) is 3.29. The largest absolute Gasteiger partial charge is 0.461 e. The molecule has 1 N–H and O–H groups in total. The van der Waals surface area contributed by atoms with Crippen molar-refractivity contribution < 1.29 is 19.2 Å². The van der Waals surface area contributed by atoms with Crippen LogP contribution in [-0.2, 0) is 14.4 Å². The van der Waals surface area contributed by atoms with E-state index in [9.17, 15) is 9.59 Å². The number of hydrogen-bond acceptors (Lipinski definition) is 7. The van der Waals surface area contributed by atoms with Crippen LogP contribution in [-0.4, -0.2) is 35.3 Å². The van der Waals surface area contributed by atoms with Crippen molar-refractivity contribution in [2.45, 2.75) is 19.4 Å². The molecule has 1 amide bonds. The van der Waals surface area contributed by atoms with E-state index in [2.05, 4.69) is 15.5 Å². The summed E-state index contributed by atoms with van der Waals surface area (Å²) in [5.74, 6) is -0.865. The standard InChI is InChI=1S/C16H15N3O4S/c1-2-22-15(21)12-9-24-16(17-12)18-14(20)13-8-11(19-23-13)10-6-4-3-5-7-10/h3-7,9,13H,2,8H2,1H3,(H,17,18,20)/t13-/m1/s1. The predicted molar refractivity (Wildman–Crippen MR) is 89.2 cm³/mol. The summed E-state index contributed by atoms with van der Waals surface area (Å²) in [5, 5.41) is 8.46. The fraction of sp³-hybridized carbons (Fsp3) is 0.250. The highest BCUT2D eigenvalue weighted by atomic mass is 32.1. The lowest BCUT2D eigenvalue weighted by Gasteiger charge is -2.06. The summed E-state index contributed by atoms with van der Waals surface area (Å²) < 4.78 is 4.86. The van der Waals surface area contributed by atoms with Crippen LogP contribution < -0.4 is 5.32 Å². The molecule has 0 aliphatic carbocycles. The van der Waals surface area contributed by atoms with Gasteiger partial charge in [-0.1, -0.05) is 35.5 Å². The Kier molecular flexibility index (Phi) is 4.85. The first kappa shape index (κ1) is 16.1. The Morgan fingerprint density at radius 1 is 1.38 bits per heavy atom. The van der Waals surface area contributed by atoms with Crippen LogP contribution in [0.25, 0.3) is 0 Å². The smallest absolute Gasteiger partial charge is 0.357 e. The van der Waals surface area contributed by atoms with E-state index in [0.29, 0.717) is 11.6 Å². The highest BCUT2D eigenvalue weighted by molar-refractivity contribution is 7.14. The monoisotopic (exact) mass is 345 g/mol. The molecule has 1 aromatic heterocycles. The van der Waals surface area contributed by atoms with Gasteiger partial charge < -0.3 is 9.57 Å². The Hall–Kier alpha value is -2.74. The van der Waals surface area contributed by atoms with Gasteiger partial charge >= 0.3 is 5.97 Å². The van der Waals surface area contributed by atoms with Crippen LogP contribution in [0.5, 0.6) is 0 Å². The molecule has 0 saturated heterocycles. The van der Waals surface area contributed by atoms with Gasteiger partial charge in [0.15, 0.2) is 10.8 Å². The number of benzene rings is 1. The van der Waals surface area contributed by atoms with E-state index >= 15 is 0 Å². The normalized spacial score (nSPS) is 16.2. The van der Waals surface area contributed by atoms with Gasteiger partial charge in [0, 0.05) is 11.8 Å². The number of rotatable bonds is 5. The first-order valence-corrected chi connectivity index (χ1v) is 8.27. The van der Waals surface area contributed by atoms with Gasteiger partial charge in [-0.05, 0) is 12.5 Å². The Bertz CT molecular complexity index is 773. The molecular weight excluding hydrogens is 330 g/mol. The number of aromatic nitrogens is 1. The third-order valence-corrected chi connectivity index (χ3v) is 4.04. The zero-order chi connectivity index (χ0) is 16.9. The van der Waals surface area contributed by atoms with Crippen LogP contribution >= 0.6 is 11.3 Å². The van der Waals surface area contributed by atoms with Crippen molar-refractivity contribution in [1.29, 1.82) is 0 Å². The number of ether oxygens (including phenoxy) is 1. The van der Waals surface area contributed by atoms with Gasteiger partial charge in [-0.25, -0.2) is 9.78 Å². The highest BCUT2D eigenvalue weighted by Crippen LogP contribution is 2.20. The number of carbonyl (C=O) groups is 2. The number of nitrogens with zero attached hydrogens (tertiary/aromatic N) is 2. The summed E-state index contributed by atoms with van der Waals surface area (Å²) in [6.45, 7) is 1.99. The molecule has 1 atom stereocenters. The van der Waals surface area contributed by atoms with E-state index in [1.165, 1.54) is 5.38 Å². The summed E-state index contributed by atoms with van der Waals surface area (Å²) in [6, 6.07) is 9.53. The second-order valence-corrected chi connectivity index (χ2v) is 5.81. The third kappa shape index (κ3) is 3.60. The molecule has 0 radical (unpaired) electrons. The van der Waals surface area contributed by atoms with Gasteiger partial charge in [0.1, 0.15) is 0 Å². The second-order valence-electron chi connectivity index (χ2n) is 4.95. The molecule has 0 bridgehead atoms. The highest BCUT2D eigenvalue weighted by Gasteiger charge is 2.29. The maximum atomic E-state index is 12.2. The van der Waals surface area contributed by atoms with E-state index in [1.807, 2.05) is 30.3 Å². The van der Waals surface area contributed by atoms with Crippen LogP contribution in [0.3, 0.4) is 0 Å². The Labute approximate surface area is 142 Å². The molecule has 3 rings (SSSR count). The van der Waals surface area contributed by atoms with Crippen molar-refractivity contribution in [2.24, 2.45) is 5.16 Å². The van der Waals surface area contributed by atoms with E-state index in [0.717, 1.165) is 22.6 Å². The van der Waals surface area contributed by atoms with E-state index in [-0.39, 0.29) is 18.2 Å². The summed E-state index contributed by atoms with van der Waals surface area (Å²) in [6.07, 6.45) is -0.332. The van der Waals surface area contributed by atoms with Gasteiger partial charge in [0.2, 0.25) is 6.10 Å². The van der Waals surface area contributed by atoms with Gasteiger partial charge in [-0.15, -0.1) is 11.3 Å². The number of carbonyl (C=O) groups excluding carboxylic acids is 2. The molecule has 24 heavy (non-hydrogen) atoms. The molecule has 1 aliphatic heterocycles. The molecule has 0 saturated carbocycles. The fourth-order valence-electron chi connectivity index (χ4n) is 2.13. The fourth-order valence-corrected chi connectivity index (χ4v) is 2.82. The molecule has 8 heteroatoms. The molecule has 124 valence electrons. The number of esters is 1. The summed E-state index contributed by atoms with van der Waals surface area (Å²) in [7, 11) is 0. The molecule has 2 heterocycles. The minimum Gasteiger partial charge on any atom is -0.461 e. The zero-order valence-corrected chi connectivity index (χ0v) is 13.7. The average Bonchev–Trinajstić information content (AvgIpc) is 3.25. The summed E-state index contributed by atoms with van der Waals surface area (Å²) in [5.41, 5.74) is 1.82. The average molecular weight is 345 g/mol. The van der Waals surface area contributed by atoms with Crippen molar-refractivity contribution in [3.8, 4) is 0 Å². The molecule has 7 nitrogen and oxygen atoms in total. The first-order chi connectivity index (χ1) is 11.7. The number of nitrogens with one attached hydrogen (secondary N) is 1. The van der Waals surface area contributed by atoms with E-state index in [4.69, 9.17) is 9.57 Å². The SMILES string of the molecule is CCOC(=O)c1csc(NC(=O)[C@H]2CC(c3ccccc3)=NO2)n1. The maximum Gasteiger partial charge on any atom is 0.357 e. The maximum absolute atomic E-state index is 12.2. The zero-order valence-electron chi connectivity index (χ0n) is 12.9. The molecular formula is C16H15N3O4S. The number of amides is 1. The topological polar surface area (TPSA) is 89.9 Å². The Balaban J connectivity index is 1.58. The Morgan fingerprint density at radius 2 is 2.17 bits per heavy atom. The van der Waals surface area contributed by atoms with Crippen molar-refractivity contribution in [3.63, 3.8) is 0 Å². The van der Waals surface area contributed by atoms with Gasteiger partial charge in [0.05, 0.1) is 12.3 Å². The van der Waals surface area contributed by atoms with Crippen molar-refractivity contribution in [2.75, 3.05) is 11.9 Å². The molecule has 1 aromatic carbocycles. The molecule has 1 aliphatic rings. The summed E-state index contributed by atoms with van der Waals surface area (Å²) in [4.78, 5) is 33.0. The quantitative estimate of drug-likeness (QED) is 0.841. The van der Waals surface area contributed by atoms with Crippen molar-refractivity contribution in [1.82, 2.24) is 4.98 Å². The minimum atomic E-state index is -0.713. The van der Waals surface area contributed by atoms with E-state index in [1.54, 1.807) is 6.92 Å². The number of oxime groups is 1. The van der Waals surface area contributed by atoms with Crippen molar-refractivity contribution >= 4 is 34.1 Å². The Morgan fingerprint density at radius 3 is 2.92 bits per heavy atom. The van der Waals surface area contributed by atoms with Gasteiger partial charge in [-0.3, -0.25) is 10.1 Å². The van der Waals surface area contributed by atoms with Crippen LogP contribution in [0, 0.1) is 0 Å². The lowest BCUT2D eigenvalue weighted by Crippen LogP contribution is -2.28. The lowest BCUT2D eigenvalue weighted by atomic mass is 10.1. The van der Waals surface area contributed by atoms with Gasteiger partial charge in [-0.2, -0.15) is 0 Å². The second kappa shape index (κ2) is 7.22. The molecule has 2 aromatic rings. The first-order valence-electron chi connectivity index (χ1n) is 7.39. The van der Waals surface area contributed by atoms with Gasteiger partial charge in [0.25, 0.3) is 5.91 Å². The molecule has 0 spiro atoms. The van der Waals surface area contributed by atoms with Crippen molar-refractivity contribution in [3.05, 3.63) is 47.0 Å². The number of anilines is 1. The van der Waals surface area contributed by atoms with E-state index < -0.39 is 12.1 Å². The van der Waals surface area contributed by atoms with Crippen LogP contribution in [0.15, 0.2) is 40.9 Å². The molecule has 0 fully saturated rings. The lowest BCUT2D eigenvalue weighted by molar-refractivity contribution is -0.125. The predicted octanol–water partition coefficient (Wildman–Crippen LogP) is 2.45.